The molecule has 0 spiro atoms. The summed E-state index contributed by atoms with van der Waals surface area (Å²) in [7, 11) is 2.01. The van der Waals surface area contributed by atoms with Crippen molar-refractivity contribution in [2.75, 3.05) is 23.8 Å². The van der Waals surface area contributed by atoms with Crippen LogP contribution in [-0.2, 0) is 17.4 Å². The zero-order valence-electron chi connectivity index (χ0n) is 17.8. The van der Waals surface area contributed by atoms with E-state index in [2.05, 4.69) is 29.0 Å². The van der Waals surface area contributed by atoms with Gasteiger partial charge in [0.1, 0.15) is 5.82 Å². The maximum atomic E-state index is 12.6. The van der Waals surface area contributed by atoms with Crippen molar-refractivity contribution < 1.29 is 18.0 Å². The van der Waals surface area contributed by atoms with Crippen molar-refractivity contribution in [1.29, 1.82) is 0 Å². The average Bonchev–Trinajstić information content (AvgIpc) is 2.71. The first-order valence-corrected chi connectivity index (χ1v) is 10.2. The summed E-state index contributed by atoms with van der Waals surface area (Å²) < 4.78 is 37.9. The third-order valence-electron chi connectivity index (χ3n) is 4.91. The smallest absolute Gasteiger partial charge is 0.359 e. The van der Waals surface area contributed by atoms with E-state index in [1.807, 2.05) is 31.3 Å². The Labute approximate surface area is 180 Å². The van der Waals surface area contributed by atoms with Crippen molar-refractivity contribution >= 4 is 28.3 Å². The van der Waals surface area contributed by atoms with Crippen LogP contribution in [0.5, 0.6) is 0 Å². The van der Waals surface area contributed by atoms with Gasteiger partial charge in [-0.1, -0.05) is 26.0 Å². The molecule has 2 aromatic carbocycles. The number of hydrogen-bond acceptors (Lipinski definition) is 3. The summed E-state index contributed by atoms with van der Waals surface area (Å²) in [6, 6.07) is 14.4. The molecule has 1 N–H and O–H groups in total. The quantitative estimate of drug-likeness (QED) is 0.507. The van der Waals surface area contributed by atoms with Gasteiger partial charge in [-0.05, 0) is 60.4 Å². The van der Waals surface area contributed by atoms with E-state index in [-0.39, 0.29) is 12.3 Å². The summed E-state index contributed by atoms with van der Waals surface area (Å²) in [6.45, 7) is 5.22. The van der Waals surface area contributed by atoms with Gasteiger partial charge in [0.25, 0.3) is 0 Å². The number of anilines is 2. The molecule has 1 heterocycles. The van der Waals surface area contributed by atoms with Crippen LogP contribution in [0.3, 0.4) is 0 Å². The van der Waals surface area contributed by atoms with Gasteiger partial charge in [-0.15, -0.1) is 0 Å². The van der Waals surface area contributed by atoms with E-state index in [1.54, 1.807) is 6.07 Å². The van der Waals surface area contributed by atoms with Gasteiger partial charge >= 0.3 is 6.18 Å². The lowest BCUT2D eigenvalue weighted by Crippen LogP contribution is -2.23. The number of benzene rings is 2. The number of carbonyl (C=O) groups excluding carboxylic acids is 1. The van der Waals surface area contributed by atoms with Gasteiger partial charge in [0.15, 0.2) is 0 Å². The largest absolute Gasteiger partial charge is 0.416 e. The fourth-order valence-electron chi connectivity index (χ4n) is 3.39. The monoisotopic (exact) mass is 429 g/mol. The third kappa shape index (κ3) is 6.20. The number of aryl methyl sites for hydroxylation is 1. The zero-order chi connectivity index (χ0) is 22.6. The maximum absolute atomic E-state index is 12.6. The Hall–Kier alpha value is -3.09. The summed E-state index contributed by atoms with van der Waals surface area (Å²) >= 11 is 0. The molecule has 0 bridgehead atoms. The highest BCUT2D eigenvalue weighted by Crippen LogP contribution is 2.29. The SMILES string of the molecule is CC(C)CN(C)c1ccc2cc(NC(=O)CCc3ccc(C(F)(F)F)cc3)ccc2n1. The molecule has 0 saturated carbocycles. The standard InChI is InChI=1S/C24H26F3N3O/c1-16(2)15-30(3)22-12-7-18-14-20(10-11-21(18)29-22)28-23(31)13-6-17-4-8-19(9-5-17)24(25,26)27/h4-5,7-12,14,16H,6,13,15H2,1-3H3,(H,28,31). The number of alkyl halides is 3. The molecule has 31 heavy (non-hydrogen) atoms. The highest BCUT2D eigenvalue weighted by atomic mass is 19.4. The van der Waals surface area contributed by atoms with Crippen LogP contribution in [0.15, 0.2) is 54.6 Å². The van der Waals surface area contributed by atoms with Crippen LogP contribution in [0.4, 0.5) is 24.7 Å². The maximum Gasteiger partial charge on any atom is 0.416 e. The van der Waals surface area contributed by atoms with Gasteiger partial charge in [0, 0.05) is 31.1 Å². The molecule has 0 fully saturated rings. The number of carbonyl (C=O) groups is 1. The normalized spacial score (nSPS) is 11.7. The molecule has 0 radical (unpaired) electrons. The van der Waals surface area contributed by atoms with Gasteiger partial charge < -0.3 is 10.2 Å². The number of amides is 1. The first kappa shape index (κ1) is 22.6. The minimum atomic E-state index is -4.36. The van der Waals surface area contributed by atoms with Gasteiger partial charge in [-0.3, -0.25) is 4.79 Å². The summed E-state index contributed by atoms with van der Waals surface area (Å²) in [4.78, 5) is 19.1. The van der Waals surface area contributed by atoms with E-state index in [1.165, 1.54) is 12.1 Å². The molecule has 7 heteroatoms. The topological polar surface area (TPSA) is 45.2 Å². The van der Waals surface area contributed by atoms with Crippen molar-refractivity contribution in [3.05, 3.63) is 65.7 Å². The summed E-state index contributed by atoms with van der Waals surface area (Å²) in [5.41, 5.74) is 1.50. The molecular formula is C24H26F3N3O. The molecule has 0 aliphatic rings. The van der Waals surface area contributed by atoms with Crippen LogP contribution in [0.2, 0.25) is 0 Å². The second-order valence-corrected chi connectivity index (χ2v) is 8.09. The minimum Gasteiger partial charge on any atom is -0.359 e. The first-order valence-electron chi connectivity index (χ1n) is 10.2. The Morgan fingerprint density at radius 2 is 1.77 bits per heavy atom. The lowest BCUT2D eigenvalue weighted by Gasteiger charge is -2.20. The van der Waals surface area contributed by atoms with Gasteiger partial charge in [0.05, 0.1) is 11.1 Å². The highest BCUT2D eigenvalue weighted by Gasteiger charge is 2.29. The molecular weight excluding hydrogens is 403 g/mol. The predicted molar refractivity (Wildman–Crippen MR) is 118 cm³/mol. The Balaban J connectivity index is 1.60. The average molecular weight is 429 g/mol. The van der Waals surface area contributed by atoms with Crippen molar-refractivity contribution in [2.24, 2.45) is 5.92 Å². The lowest BCUT2D eigenvalue weighted by atomic mass is 10.1. The van der Waals surface area contributed by atoms with E-state index in [0.29, 0.717) is 23.6 Å². The summed E-state index contributed by atoms with van der Waals surface area (Å²) in [5, 5.41) is 3.77. The molecule has 0 unspecified atom stereocenters. The molecule has 0 aliphatic heterocycles. The predicted octanol–water partition coefficient (Wildman–Crippen LogP) is 5.92. The van der Waals surface area contributed by atoms with Crippen LogP contribution >= 0.6 is 0 Å². The van der Waals surface area contributed by atoms with E-state index < -0.39 is 11.7 Å². The van der Waals surface area contributed by atoms with Gasteiger partial charge in [0.2, 0.25) is 5.91 Å². The molecule has 164 valence electrons. The number of nitrogens with one attached hydrogen (secondary N) is 1. The van der Waals surface area contributed by atoms with Crippen molar-refractivity contribution in [3.8, 4) is 0 Å². The van der Waals surface area contributed by atoms with Crippen LogP contribution in [0, 0.1) is 5.92 Å². The third-order valence-corrected chi connectivity index (χ3v) is 4.91. The van der Waals surface area contributed by atoms with Crippen molar-refractivity contribution in [2.45, 2.75) is 32.9 Å². The highest BCUT2D eigenvalue weighted by molar-refractivity contribution is 5.94. The molecule has 1 aromatic heterocycles. The van der Waals surface area contributed by atoms with E-state index in [4.69, 9.17) is 0 Å². The summed E-state index contributed by atoms with van der Waals surface area (Å²) in [6.07, 6.45) is -3.81. The second-order valence-electron chi connectivity index (χ2n) is 8.09. The lowest BCUT2D eigenvalue weighted by molar-refractivity contribution is -0.137. The van der Waals surface area contributed by atoms with Crippen LogP contribution in [0.25, 0.3) is 10.9 Å². The number of rotatable bonds is 7. The fourth-order valence-corrected chi connectivity index (χ4v) is 3.39. The summed E-state index contributed by atoms with van der Waals surface area (Å²) in [5.74, 6) is 1.23. The first-order chi connectivity index (χ1) is 14.6. The van der Waals surface area contributed by atoms with Crippen molar-refractivity contribution in [1.82, 2.24) is 4.98 Å². The van der Waals surface area contributed by atoms with Crippen molar-refractivity contribution in [3.63, 3.8) is 0 Å². The number of hydrogen-bond donors (Lipinski definition) is 1. The molecule has 1 amide bonds. The zero-order valence-corrected chi connectivity index (χ0v) is 17.8. The Morgan fingerprint density at radius 1 is 1.06 bits per heavy atom. The van der Waals surface area contributed by atoms with E-state index >= 15 is 0 Å². The van der Waals surface area contributed by atoms with Crippen LogP contribution in [-0.4, -0.2) is 24.5 Å². The number of nitrogens with zero attached hydrogens (tertiary/aromatic N) is 2. The number of fused-ring (bicyclic) bond motifs is 1. The minimum absolute atomic E-state index is 0.181. The molecule has 0 atom stereocenters. The van der Waals surface area contributed by atoms with E-state index in [9.17, 15) is 18.0 Å². The Kier molecular flexibility index (Phi) is 6.83. The van der Waals surface area contributed by atoms with Gasteiger partial charge in [-0.25, -0.2) is 4.98 Å². The fraction of sp³-hybridized carbons (Fsp3) is 0.333. The van der Waals surface area contributed by atoms with E-state index in [0.717, 1.165) is 35.4 Å². The molecule has 3 aromatic rings. The van der Waals surface area contributed by atoms with Gasteiger partial charge in [-0.2, -0.15) is 13.2 Å². The molecule has 0 aliphatic carbocycles. The molecule has 3 rings (SSSR count). The number of pyridine rings is 1. The van der Waals surface area contributed by atoms with Crippen LogP contribution < -0.4 is 10.2 Å². The number of aromatic nitrogens is 1. The molecule has 4 nitrogen and oxygen atoms in total. The Morgan fingerprint density at radius 3 is 2.42 bits per heavy atom. The second kappa shape index (κ2) is 9.37. The van der Waals surface area contributed by atoms with Crippen LogP contribution in [0.1, 0.15) is 31.4 Å². The Bertz CT molecular complexity index is 1050. The molecule has 0 saturated heterocycles. The number of halogens is 3.